The van der Waals surface area contributed by atoms with Crippen LogP contribution in [0.4, 0.5) is 13.2 Å². The second kappa shape index (κ2) is 7.43. The predicted molar refractivity (Wildman–Crippen MR) is 65.0 cm³/mol. The van der Waals surface area contributed by atoms with Crippen molar-refractivity contribution in [2.45, 2.75) is 45.8 Å². The Bertz CT molecular complexity index is 183. The zero-order valence-corrected chi connectivity index (χ0v) is 11.1. The van der Waals surface area contributed by atoms with Crippen molar-refractivity contribution < 1.29 is 13.2 Å². The van der Waals surface area contributed by atoms with Gasteiger partial charge in [-0.3, -0.25) is 4.90 Å². The van der Waals surface area contributed by atoms with Crippen molar-refractivity contribution in [3.05, 3.63) is 0 Å². The van der Waals surface area contributed by atoms with Gasteiger partial charge in [-0.2, -0.15) is 25.8 Å². The van der Waals surface area contributed by atoms with Crippen LogP contribution in [0.15, 0.2) is 0 Å². The first-order chi connectivity index (χ1) is 7.30. The highest BCUT2D eigenvalue weighted by atomic mass is 32.1. The van der Waals surface area contributed by atoms with Gasteiger partial charge in [0.25, 0.3) is 0 Å². The molecule has 0 spiro atoms. The molecule has 0 saturated heterocycles. The average molecular weight is 257 g/mol. The molecule has 1 unspecified atom stereocenters. The molecule has 0 N–H and O–H groups in total. The largest absolute Gasteiger partial charge is 0.401 e. The highest BCUT2D eigenvalue weighted by Gasteiger charge is 2.32. The fourth-order valence-corrected chi connectivity index (χ4v) is 1.97. The smallest absolute Gasteiger partial charge is 0.292 e. The van der Waals surface area contributed by atoms with Gasteiger partial charge in [0.1, 0.15) is 0 Å². The van der Waals surface area contributed by atoms with E-state index in [4.69, 9.17) is 0 Å². The zero-order valence-electron chi connectivity index (χ0n) is 10.2. The fraction of sp³-hybridized carbons (Fsp3) is 1.00. The van der Waals surface area contributed by atoms with E-state index in [1.54, 1.807) is 13.8 Å². The van der Waals surface area contributed by atoms with Gasteiger partial charge in [0, 0.05) is 12.6 Å². The van der Waals surface area contributed by atoms with E-state index in [0.717, 1.165) is 12.8 Å². The second-order valence-electron chi connectivity index (χ2n) is 4.48. The van der Waals surface area contributed by atoms with E-state index in [2.05, 4.69) is 12.6 Å². The Kier molecular flexibility index (Phi) is 7.48. The van der Waals surface area contributed by atoms with Crippen LogP contribution in [0.5, 0.6) is 0 Å². The van der Waals surface area contributed by atoms with Gasteiger partial charge in [-0.1, -0.05) is 13.3 Å². The molecule has 0 amide bonds. The number of thiol groups is 1. The third kappa shape index (κ3) is 7.39. The van der Waals surface area contributed by atoms with Gasteiger partial charge in [0.05, 0.1) is 6.54 Å². The Morgan fingerprint density at radius 1 is 1.25 bits per heavy atom. The number of nitrogens with zero attached hydrogens (tertiary/aromatic N) is 1. The van der Waals surface area contributed by atoms with E-state index >= 15 is 0 Å². The van der Waals surface area contributed by atoms with Crippen LogP contribution in [-0.2, 0) is 0 Å². The molecular weight excluding hydrogens is 235 g/mol. The van der Waals surface area contributed by atoms with Crippen LogP contribution in [0.2, 0.25) is 0 Å². The van der Waals surface area contributed by atoms with E-state index in [9.17, 15) is 13.2 Å². The Labute approximate surface area is 102 Å². The molecule has 0 aromatic carbocycles. The maximum absolute atomic E-state index is 12.3. The number of halogens is 3. The van der Waals surface area contributed by atoms with Crippen LogP contribution in [0.3, 0.4) is 0 Å². The van der Waals surface area contributed by atoms with Crippen molar-refractivity contribution >= 4 is 12.6 Å². The van der Waals surface area contributed by atoms with E-state index in [-0.39, 0.29) is 12.0 Å². The minimum Gasteiger partial charge on any atom is -0.292 e. The van der Waals surface area contributed by atoms with Gasteiger partial charge in [0.15, 0.2) is 0 Å². The average Bonchev–Trinajstić information content (AvgIpc) is 2.13. The Morgan fingerprint density at radius 2 is 1.81 bits per heavy atom. The van der Waals surface area contributed by atoms with Crippen molar-refractivity contribution in [1.29, 1.82) is 0 Å². The number of hydrogen-bond acceptors (Lipinski definition) is 2. The summed E-state index contributed by atoms with van der Waals surface area (Å²) in [5.74, 6) is 0.896. The lowest BCUT2D eigenvalue weighted by molar-refractivity contribution is -0.150. The molecule has 0 fully saturated rings. The normalized spacial score (nSPS) is 14.8. The summed E-state index contributed by atoms with van der Waals surface area (Å²) in [6.45, 7) is 5.30. The van der Waals surface area contributed by atoms with Gasteiger partial charge in [-0.25, -0.2) is 0 Å². The maximum atomic E-state index is 12.3. The van der Waals surface area contributed by atoms with Crippen molar-refractivity contribution in [3.63, 3.8) is 0 Å². The quantitative estimate of drug-likeness (QED) is 0.682. The van der Waals surface area contributed by atoms with E-state index < -0.39 is 12.7 Å². The molecule has 0 aliphatic carbocycles. The lowest BCUT2D eigenvalue weighted by Gasteiger charge is -2.30. The Hall–Kier alpha value is 0.100. The highest BCUT2D eigenvalue weighted by molar-refractivity contribution is 7.80. The summed E-state index contributed by atoms with van der Waals surface area (Å²) < 4.78 is 37.0. The van der Waals surface area contributed by atoms with Gasteiger partial charge in [0.2, 0.25) is 0 Å². The molecule has 1 atom stereocenters. The Balaban J connectivity index is 4.31. The molecule has 0 aromatic rings. The minimum absolute atomic E-state index is 0.0825. The molecule has 0 saturated carbocycles. The number of alkyl halides is 3. The van der Waals surface area contributed by atoms with Crippen molar-refractivity contribution in [2.75, 3.05) is 18.8 Å². The summed E-state index contributed by atoms with van der Waals surface area (Å²) in [4.78, 5) is 1.48. The first kappa shape index (κ1) is 16.1. The number of hydrogen-bond donors (Lipinski definition) is 1. The summed E-state index contributed by atoms with van der Waals surface area (Å²) in [7, 11) is 0. The minimum atomic E-state index is -4.11. The first-order valence-electron chi connectivity index (χ1n) is 5.71. The van der Waals surface area contributed by atoms with Gasteiger partial charge < -0.3 is 0 Å². The van der Waals surface area contributed by atoms with Crippen LogP contribution >= 0.6 is 12.6 Å². The highest BCUT2D eigenvalue weighted by Crippen LogP contribution is 2.20. The third-order valence-corrected chi connectivity index (χ3v) is 3.08. The molecule has 98 valence electrons. The van der Waals surface area contributed by atoms with Crippen LogP contribution in [0.25, 0.3) is 0 Å². The van der Waals surface area contributed by atoms with Crippen LogP contribution < -0.4 is 0 Å². The molecule has 0 aliphatic rings. The van der Waals surface area contributed by atoms with E-state index in [1.165, 1.54) is 4.90 Å². The standard InChI is InChI=1S/C11H22F3NS/c1-4-5-10(7-16)6-15(9(2)3)8-11(12,13)14/h9-10,16H,4-8H2,1-3H3. The monoisotopic (exact) mass is 257 g/mol. The summed E-state index contributed by atoms with van der Waals surface area (Å²) in [5.41, 5.74) is 0. The van der Waals surface area contributed by atoms with Crippen LogP contribution in [0.1, 0.15) is 33.6 Å². The molecule has 16 heavy (non-hydrogen) atoms. The third-order valence-electron chi connectivity index (χ3n) is 2.56. The molecule has 0 aromatic heterocycles. The van der Waals surface area contributed by atoms with Gasteiger partial charge in [-0.15, -0.1) is 0 Å². The summed E-state index contributed by atoms with van der Waals surface area (Å²) in [6, 6.07) is -0.0825. The van der Waals surface area contributed by atoms with Crippen LogP contribution in [-0.4, -0.2) is 36.0 Å². The predicted octanol–water partition coefficient (Wildman–Crippen LogP) is 3.61. The molecule has 5 heteroatoms. The molecule has 0 bridgehead atoms. The molecule has 0 heterocycles. The van der Waals surface area contributed by atoms with Gasteiger partial charge >= 0.3 is 6.18 Å². The lowest BCUT2D eigenvalue weighted by Crippen LogP contribution is -2.42. The number of rotatable bonds is 7. The molecule has 0 aliphatic heterocycles. The maximum Gasteiger partial charge on any atom is 0.401 e. The summed E-state index contributed by atoms with van der Waals surface area (Å²) >= 11 is 4.20. The molecule has 1 nitrogen and oxygen atoms in total. The molecule has 0 radical (unpaired) electrons. The summed E-state index contributed by atoms with van der Waals surface area (Å²) in [6.07, 6.45) is -2.19. The van der Waals surface area contributed by atoms with Crippen molar-refractivity contribution in [2.24, 2.45) is 5.92 Å². The SMILES string of the molecule is CCCC(CS)CN(CC(F)(F)F)C(C)C. The van der Waals surface area contributed by atoms with Crippen LogP contribution in [0, 0.1) is 5.92 Å². The van der Waals surface area contributed by atoms with Crippen molar-refractivity contribution in [1.82, 2.24) is 4.90 Å². The van der Waals surface area contributed by atoms with E-state index in [0.29, 0.717) is 12.3 Å². The summed E-state index contributed by atoms with van der Waals surface area (Å²) in [5, 5.41) is 0. The zero-order chi connectivity index (χ0) is 12.8. The lowest BCUT2D eigenvalue weighted by atomic mass is 10.0. The fourth-order valence-electron chi connectivity index (χ4n) is 1.67. The molecule has 0 rings (SSSR count). The van der Waals surface area contributed by atoms with Crippen molar-refractivity contribution in [3.8, 4) is 0 Å². The second-order valence-corrected chi connectivity index (χ2v) is 4.84. The molecular formula is C11H22F3NS. The Morgan fingerprint density at radius 3 is 2.12 bits per heavy atom. The first-order valence-corrected chi connectivity index (χ1v) is 6.35. The van der Waals surface area contributed by atoms with Gasteiger partial charge in [-0.05, 0) is 31.9 Å². The van der Waals surface area contributed by atoms with E-state index in [1.807, 2.05) is 6.92 Å². The topological polar surface area (TPSA) is 3.24 Å².